The van der Waals surface area contributed by atoms with E-state index in [0.29, 0.717) is 0 Å². The third-order valence-corrected chi connectivity index (χ3v) is 1.79. The summed E-state index contributed by atoms with van der Waals surface area (Å²) in [7, 11) is 1.15. The van der Waals surface area contributed by atoms with E-state index in [2.05, 4.69) is 10.7 Å². The number of carbonyl (C=O) groups is 1. The van der Waals surface area contributed by atoms with Gasteiger partial charge in [0, 0.05) is 17.0 Å². The lowest BCUT2D eigenvalue weighted by Gasteiger charge is -2.01. The Morgan fingerprint density at radius 3 is 2.44 bits per heavy atom. The van der Waals surface area contributed by atoms with E-state index in [-0.39, 0.29) is 5.56 Å². The standard InChI is InChI=1S/C11H8F2O3/c1-16-11(15)3-2-7-4-9(12)8(6-14)10(13)5-7/h4-5,14H,6H2,1H3. The van der Waals surface area contributed by atoms with Gasteiger partial charge in [-0.25, -0.2) is 13.6 Å². The highest BCUT2D eigenvalue weighted by atomic mass is 19.1. The molecule has 0 bridgehead atoms. The molecule has 1 N–H and O–H groups in total. The summed E-state index contributed by atoms with van der Waals surface area (Å²) in [4.78, 5) is 10.7. The number of esters is 1. The Kier molecular flexibility index (Phi) is 3.97. The number of hydrogen-bond acceptors (Lipinski definition) is 3. The predicted molar refractivity (Wildman–Crippen MR) is 51.2 cm³/mol. The first-order valence-corrected chi connectivity index (χ1v) is 4.27. The summed E-state index contributed by atoms with van der Waals surface area (Å²) in [6, 6.07) is 1.87. The van der Waals surface area contributed by atoms with E-state index in [1.807, 2.05) is 5.92 Å². The summed E-state index contributed by atoms with van der Waals surface area (Å²) in [6.07, 6.45) is 0. The Morgan fingerprint density at radius 1 is 1.44 bits per heavy atom. The number of carbonyl (C=O) groups excluding carboxylic acids is 1. The van der Waals surface area contributed by atoms with Crippen LogP contribution in [0.15, 0.2) is 12.1 Å². The molecule has 0 unspecified atom stereocenters. The van der Waals surface area contributed by atoms with Crippen molar-refractivity contribution in [3.05, 3.63) is 34.9 Å². The molecule has 84 valence electrons. The van der Waals surface area contributed by atoms with Crippen LogP contribution in [0.1, 0.15) is 11.1 Å². The largest absolute Gasteiger partial charge is 0.459 e. The maximum atomic E-state index is 13.1. The topological polar surface area (TPSA) is 46.5 Å². The molecule has 0 aromatic heterocycles. The van der Waals surface area contributed by atoms with Gasteiger partial charge in [-0.05, 0) is 12.1 Å². The number of halogens is 2. The van der Waals surface area contributed by atoms with Crippen LogP contribution in [0.25, 0.3) is 0 Å². The first-order valence-electron chi connectivity index (χ1n) is 4.27. The molecule has 0 amide bonds. The molecule has 0 aliphatic heterocycles. The van der Waals surface area contributed by atoms with E-state index in [9.17, 15) is 13.6 Å². The molecule has 16 heavy (non-hydrogen) atoms. The van der Waals surface area contributed by atoms with Crippen LogP contribution in [0, 0.1) is 23.5 Å². The van der Waals surface area contributed by atoms with Gasteiger partial charge in [-0.2, -0.15) is 0 Å². The van der Waals surface area contributed by atoms with Gasteiger partial charge in [0.2, 0.25) is 0 Å². The van der Waals surface area contributed by atoms with Gasteiger partial charge >= 0.3 is 5.97 Å². The van der Waals surface area contributed by atoms with E-state index < -0.39 is 29.8 Å². The van der Waals surface area contributed by atoms with E-state index in [1.54, 1.807) is 0 Å². The maximum Gasteiger partial charge on any atom is 0.384 e. The summed E-state index contributed by atoms with van der Waals surface area (Å²) in [6.45, 7) is -0.734. The van der Waals surface area contributed by atoms with Crippen molar-refractivity contribution in [1.29, 1.82) is 0 Å². The summed E-state index contributed by atoms with van der Waals surface area (Å²) >= 11 is 0. The van der Waals surface area contributed by atoms with Crippen LogP contribution in [0.4, 0.5) is 8.78 Å². The molecule has 1 rings (SSSR count). The minimum Gasteiger partial charge on any atom is -0.459 e. The summed E-state index contributed by atoms with van der Waals surface area (Å²) in [5.74, 6) is 1.66. The van der Waals surface area contributed by atoms with Gasteiger partial charge in [0.05, 0.1) is 13.7 Å². The zero-order valence-corrected chi connectivity index (χ0v) is 8.38. The molecule has 0 atom stereocenters. The van der Waals surface area contributed by atoms with Gasteiger partial charge < -0.3 is 9.84 Å². The van der Waals surface area contributed by atoms with Gasteiger partial charge in [0.1, 0.15) is 11.6 Å². The SMILES string of the molecule is COC(=O)C#Cc1cc(F)c(CO)c(F)c1. The zero-order valence-electron chi connectivity index (χ0n) is 8.38. The highest BCUT2D eigenvalue weighted by molar-refractivity contribution is 5.88. The quantitative estimate of drug-likeness (QED) is 0.573. The fourth-order valence-electron chi connectivity index (χ4n) is 1.00. The molecule has 5 heteroatoms. The van der Waals surface area contributed by atoms with Crippen molar-refractivity contribution in [3.63, 3.8) is 0 Å². The third kappa shape index (κ3) is 2.78. The number of hydrogen-bond donors (Lipinski definition) is 1. The van der Waals surface area contributed by atoms with Gasteiger partial charge in [-0.15, -0.1) is 0 Å². The highest BCUT2D eigenvalue weighted by Crippen LogP contribution is 2.14. The molecule has 0 spiro atoms. The Morgan fingerprint density at radius 2 is 2.00 bits per heavy atom. The van der Waals surface area contributed by atoms with E-state index in [1.165, 1.54) is 0 Å². The lowest BCUT2D eigenvalue weighted by Crippen LogP contribution is -1.98. The Balaban J connectivity index is 3.08. The fraction of sp³-hybridized carbons (Fsp3) is 0.182. The zero-order chi connectivity index (χ0) is 12.1. The molecule has 0 saturated heterocycles. The summed E-state index contributed by atoms with van der Waals surface area (Å²) < 4.78 is 30.5. The van der Waals surface area contributed by atoms with Gasteiger partial charge in [-0.3, -0.25) is 0 Å². The Hall–Kier alpha value is -1.93. The van der Waals surface area contributed by atoms with E-state index >= 15 is 0 Å². The van der Waals surface area contributed by atoms with Crippen LogP contribution < -0.4 is 0 Å². The normalized spacial score (nSPS) is 9.25. The number of methoxy groups -OCH3 is 1. The summed E-state index contributed by atoms with van der Waals surface area (Å²) in [5, 5.41) is 8.66. The molecule has 3 nitrogen and oxygen atoms in total. The van der Waals surface area contributed by atoms with Crippen molar-refractivity contribution >= 4 is 5.97 Å². The van der Waals surface area contributed by atoms with Crippen LogP contribution in [-0.4, -0.2) is 18.2 Å². The number of aliphatic hydroxyl groups is 1. The monoisotopic (exact) mass is 226 g/mol. The van der Waals surface area contributed by atoms with Crippen LogP contribution >= 0.6 is 0 Å². The number of benzene rings is 1. The molecule has 0 fully saturated rings. The highest BCUT2D eigenvalue weighted by Gasteiger charge is 2.09. The minimum absolute atomic E-state index is 0.00222. The van der Waals surface area contributed by atoms with Crippen molar-refractivity contribution in [3.8, 4) is 11.8 Å². The minimum atomic E-state index is -0.906. The first-order chi connectivity index (χ1) is 7.58. The lowest BCUT2D eigenvalue weighted by atomic mass is 10.1. The molecule has 0 aliphatic carbocycles. The van der Waals surface area contributed by atoms with Crippen molar-refractivity contribution in [1.82, 2.24) is 0 Å². The van der Waals surface area contributed by atoms with Crippen molar-refractivity contribution in [2.45, 2.75) is 6.61 Å². The summed E-state index contributed by atoms with van der Waals surface area (Å²) in [5.41, 5.74) is -0.429. The molecule has 0 radical (unpaired) electrons. The molecule has 0 saturated carbocycles. The molecule has 0 heterocycles. The van der Waals surface area contributed by atoms with Crippen LogP contribution in [0.3, 0.4) is 0 Å². The number of rotatable bonds is 1. The Bertz CT molecular complexity index is 449. The second-order valence-corrected chi connectivity index (χ2v) is 2.82. The Labute approximate surface area is 90.7 Å². The van der Waals surface area contributed by atoms with Crippen LogP contribution in [-0.2, 0) is 16.1 Å². The average Bonchev–Trinajstić information content (AvgIpc) is 2.25. The number of ether oxygens (including phenoxy) is 1. The van der Waals surface area contributed by atoms with Crippen molar-refractivity contribution < 1.29 is 23.4 Å². The fourth-order valence-corrected chi connectivity index (χ4v) is 1.00. The molecular formula is C11H8F2O3. The van der Waals surface area contributed by atoms with Gasteiger partial charge in [0.15, 0.2) is 0 Å². The molecule has 1 aromatic carbocycles. The molecule has 1 aromatic rings. The van der Waals surface area contributed by atoms with Crippen molar-refractivity contribution in [2.24, 2.45) is 0 Å². The first kappa shape index (κ1) is 12.1. The lowest BCUT2D eigenvalue weighted by molar-refractivity contribution is -0.133. The number of aliphatic hydroxyl groups excluding tert-OH is 1. The van der Waals surface area contributed by atoms with Gasteiger partial charge in [0.25, 0.3) is 0 Å². The molecule has 0 aliphatic rings. The average molecular weight is 226 g/mol. The van der Waals surface area contributed by atoms with Gasteiger partial charge in [-0.1, -0.05) is 5.92 Å². The molecular weight excluding hydrogens is 218 g/mol. The predicted octanol–water partition coefficient (Wildman–Crippen LogP) is 0.982. The second-order valence-electron chi connectivity index (χ2n) is 2.82. The second kappa shape index (κ2) is 5.24. The van der Waals surface area contributed by atoms with Crippen molar-refractivity contribution in [2.75, 3.05) is 7.11 Å². The third-order valence-electron chi connectivity index (χ3n) is 1.79. The maximum absolute atomic E-state index is 13.1. The van der Waals surface area contributed by atoms with E-state index in [0.717, 1.165) is 19.2 Å². The van der Waals surface area contributed by atoms with Crippen LogP contribution in [0.5, 0.6) is 0 Å². The van der Waals surface area contributed by atoms with E-state index in [4.69, 9.17) is 5.11 Å². The van der Waals surface area contributed by atoms with Crippen LogP contribution in [0.2, 0.25) is 0 Å². The smallest absolute Gasteiger partial charge is 0.384 e.